The topological polar surface area (TPSA) is 9.23 Å². The van der Waals surface area contributed by atoms with Crippen LogP contribution in [0.1, 0.15) is 11.1 Å². The fourth-order valence-electron chi connectivity index (χ4n) is 1.11. The molecule has 0 aliphatic carbocycles. The second-order valence-corrected chi connectivity index (χ2v) is 3.17. The molecule has 0 atom stereocenters. The molecule has 0 aliphatic heterocycles. The summed E-state index contributed by atoms with van der Waals surface area (Å²) < 4.78 is 4.98. The maximum atomic E-state index is 6.07. The van der Waals surface area contributed by atoms with Gasteiger partial charge in [-0.3, -0.25) is 0 Å². The summed E-state index contributed by atoms with van der Waals surface area (Å²) >= 11 is 6.07. The lowest BCUT2D eigenvalue weighted by molar-refractivity contribution is 0.202. The van der Waals surface area contributed by atoms with Gasteiger partial charge in [-0.1, -0.05) is 29.8 Å². The maximum Gasteiger partial charge on any atom is 0.0503 e. The molecule has 0 spiro atoms. The highest BCUT2D eigenvalue weighted by molar-refractivity contribution is 6.32. The molecule has 0 saturated carbocycles. The molecule has 0 fully saturated rings. The van der Waals surface area contributed by atoms with Crippen LogP contribution in [-0.4, -0.2) is 13.7 Å². The van der Waals surface area contributed by atoms with Gasteiger partial charge < -0.3 is 4.74 Å². The molecule has 0 amide bonds. The number of methoxy groups -OCH3 is 1. The van der Waals surface area contributed by atoms with E-state index in [-0.39, 0.29) is 0 Å². The molecule has 12 heavy (non-hydrogen) atoms. The monoisotopic (exact) mass is 184 g/mol. The summed E-state index contributed by atoms with van der Waals surface area (Å²) in [5, 5.41) is 0.870. The van der Waals surface area contributed by atoms with E-state index in [0.717, 1.165) is 23.6 Å². The zero-order chi connectivity index (χ0) is 8.97. The number of aryl methyl sites for hydroxylation is 1. The van der Waals surface area contributed by atoms with Gasteiger partial charge in [-0.2, -0.15) is 0 Å². The van der Waals surface area contributed by atoms with Gasteiger partial charge in [0.15, 0.2) is 0 Å². The highest BCUT2D eigenvalue weighted by atomic mass is 35.5. The SMILES string of the molecule is COCCc1cccc(C)c1Cl. The van der Waals surface area contributed by atoms with E-state index in [1.54, 1.807) is 7.11 Å². The highest BCUT2D eigenvalue weighted by Gasteiger charge is 2.01. The molecular formula is C10H13ClO. The van der Waals surface area contributed by atoms with E-state index in [4.69, 9.17) is 16.3 Å². The summed E-state index contributed by atoms with van der Waals surface area (Å²) in [5.41, 5.74) is 2.30. The Bertz CT molecular complexity index is 258. The fourth-order valence-corrected chi connectivity index (χ4v) is 1.33. The van der Waals surface area contributed by atoms with Crippen LogP contribution in [0.25, 0.3) is 0 Å². The van der Waals surface area contributed by atoms with Crippen LogP contribution in [-0.2, 0) is 11.2 Å². The van der Waals surface area contributed by atoms with E-state index in [1.807, 2.05) is 25.1 Å². The first-order valence-electron chi connectivity index (χ1n) is 3.98. The number of halogens is 1. The van der Waals surface area contributed by atoms with Gasteiger partial charge in [0.05, 0.1) is 6.61 Å². The Hall–Kier alpha value is -0.530. The van der Waals surface area contributed by atoms with Crippen molar-refractivity contribution in [2.75, 3.05) is 13.7 Å². The molecule has 0 heterocycles. The normalized spacial score (nSPS) is 10.2. The first-order valence-corrected chi connectivity index (χ1v) is 4.36. The van der Waals surface area contributed by atoms with E-state index in [0.29, 0.717) is 0 Å². The lowest BCUT2D eigenvalue weighted by Crippen LogP contribution is -1.95. The van der Waals surface area contributed by atoms with E-state index in [1.165, 1.54) is 5.56 Å². The van der Waals surface area contributed by atoms with E-state index in [2.05, 4.69) is 0 Å². The van der Waals surface area contributed by atoms with Gasteiger partial charge in [-0.15, -0.1) is 0 Å². The summed E-state index contributed by atoms with van der Waals surface area (Å²) in [6.45, 7) is 2.74. The number of ether oxygens (including phenoxy) is 1. The molecule has 2 heteroatoms. The standard InChI is InChI=1S/C10H13ClO/c1-8-4-3-5-9(10(8)11)6-7-12-2/h3-5H,6-7H2,1-2H3. The maximum absolute atomic E-state index is 6.07. The second kappa shape index (κ2) is 4.48. The van der Waals surface area contributed by atoms with Crippen molar-refractivity contribution in [1.29, 1.82) is 0 Å². The highest BCUT2D eigenvalue weighted by Crippen LogP contribution is 2.20. The summed E-state index contributed by atoms with van der Waals surface area (Å²) in [6, 6.07) is 6.07. The van der Waals surface area contributed by atoms with Crippen LogP contribution in [0.15, 0.2) is 18.2 Å². The predicted molar refractivity (Wildman–Crippen MR) is 51.8 cm³/mol. The lowest BCUT2D eigenvalue weighted by atomic mass is 10.1. The van der Waals surface area contributed by atoms with Crippen molar-refractivity contribution in [3.8, 4) is 0 Å². The molecule has 0 radical (unpaired) electrons. The van der Waals surface area contributed by atoms with Gasteiger partial charge >= 0.3 is 0 Å². The van der Waals surface area contributed by atoms with Crippen LogP contribution >= 0.6 is 11.6 Å². The Labute approximate surface area is 78.3 Å². The molecule has 1 rings (SSSR count). The third-order valence-corrected chi connectivity index (χ3v) is 2.39. The molecular weight excluding hydrogens is 172 g/mol. The minimum Gasteiger partial charge on any atom is -0.384 e. The molecule has 1 aromatic rings. The third-order valence-electron chi connectivity index (χ3n) is 1.85. The molecule has 1 nitrogen and oxygen atoms in total. The largest absolute Gasteiger partial charge is 0.384 e. The van der Waals surface area contributed by atoms with Crippen LogP contribution in [0.2, 0.25) is 5.02 Å². The Kier molecular flexibility index (Phi) is 3.57. The molecule has 0 unspecified atom stereocenters. The minimum absolute atomic E-state index is 0.725. The van der Waals surface area contributed by atoms with Crippen molar-refractivity contribution in [3.05, 3.63) is 34.3 Å². The summed E-state index contributed by atoms with van der Waals surface area (Å²) in [5.74, 6) is 0. The van der Waals surface area contributed by atoms with E-state index >= 15 is 0 Å². The molecule has 0 bridgehead atoms. The van der Waals surface area contributed by atoms with Gasteiger partial charge in [-0.05, 0) is 24.5 Å². The Balaban J connectivity index is 2.78. The number of hydrogen-bond acceptors (Lipinski definition) is 1. The molecule has 0 N–H and O–H groups in total. The van der Waals surface area contributed by atoms with Crippen molar-refractivity contribution in [1.82, 2.24) is 0 Å². The van der Waals surface area contributed by atoms with Crippen molar-refractivity contribution in [2.45, 2.75) is 13.3 Å². The molecule has 1 aromatic carbocycles. The van der Waals surface area contributed by atoms with Gasteiger partial charge in [0.25, 0.3) is 0 Å². The van der Waals surface area contributed by atoms with Crippen molar-refractivity contribution in [3.63, 3.8) is 0 Å². The summed E-state index contributed by atoms with van der Waals surface area (Å²) in [4.78, 5) is 0. The average molecular weight is 185 g/mol. The first-order chi connectivity index (χ1) is 5.75. The minimum atomic E-state index is 0.725. The van der Waals surface area contributed by atoms with Crippen LogP contribution in [0.5, 0.6) is 0 Å². The van der Waals surface area contributed by atoms with Crippen molar-refractivity contribution < 1.29 is 4.74 Å². The average Bonchev–Trinajstić information content (AvgIpc) is 2.08. The second-order valence-electron chi connectivity index (χ2n) is 2.79. The molecule has 0 saturated heterocycles. The zero-order valence-electron chi connectivity index (χ0n) is 7.43. The van der Waals surface area contributed by atoms with Gasteiger partial charge in [0.2, 0.25) is 0 Å². The Morgan fingerprint density at radius 2 is 2.17 bits per heavy atom. The number of benzene rings is 1. The fraction of sp³-hybridized carbons (Fsp3) is 0.400. The molecule has 66 valence electrons. The van der Waals surface area contributed by atoms with Crippen molar-refractivity contribution in [2.24, 2.45) is 0 Å². The lowest BCUT2D eigenvalue weighted by Gasteiger charge is -2.05. The van der Waals surface area contributed by atoms with Crippen LogP contribution in [0.3, 0.4) is 0 Å². The molecule has 0 aliphatic rings. The van der Waals surface area contributed by atoms with Crippen LogP contribution < -0.4 is 0 Å². The number of hydrogen-bond donors (Lipinski definition) is 0. The summed E-state index contributed by atoms with van der Waals surface area (Å²) in [7, 11) is 1.70. The van der Waals surface area contributed by atoms with Crippen LogP contribution in [0.4, 0.5) is 0 Å². The first kappa shape index (κ1) is 9.56. The summed E-state index contributed by atoms with van der Waals surface area (Å²) in [6.07, 6.45) is 0.886. The van der Waals surface area contributed by atoms with Gasteiger partial charge in [-0.25, -0.2) is 0 Å². The van der Waals surface area contributed by atoms with E-state index < -0.39 is 0 Å². The Morgan fingerprint density at radius 3 is 2.83 bits per heavy atom. The predicted octanol–water partition coefficient (Wildman–Crippen LogP) is 2.84. The van der Waals surface area contributed by atoms with Crippen LogP contribution in [0, 0.1) is 6.92 Å². The van der Waals surface area contributed by atoms with Crippen molar-refractivity contribution >= 4 is 11.6 Å². The van der Waals surface area contributed by atoms with Gasteiger partial charge in [0, 0.05) is 12.1 Å². The quantitative estimate of drug-likeness (QED) is 0.702. The third kappa shape index (κ3) is 2.23. The smallest absolute Gasteiger partial charge is 0.0503 e. The number of rotatable bonds is 3. The van der Waals surface area contributed by atoms with E-state index in [9.17, 15) is 0 Å². The Morgan fingerprint density at radius 1 is 1.42 bits per heavy atom. The zero-order valence-corrected chi connectivity index (χ0v) is 8.19. The molecule has 0 aromatic heterocycles. The van der Waals surface area contributed by atoms with Gasteiger partial charge in [0.1, 0.15) is 0 Å².